The largest absolute Gasteiger partial charge is 0.467 e. The SMILES string of the molecule is CCC(C(=O)OC)N1c2ccc(F)cc2C(C)CC1(C)C. The summed E-state index contributed by atoms with van der Waals surface area (Å²) >= 11 is 0. The molecular weight excluding hydrogens is 269 g/mol. The number of halogens is 1. The van der Waals surface area contributed by atoms with E-state index in [4.69, 9.17) is 4.74 Å². The van der Waals surface area contributed by atoms with Crippen LogP contribution in [-0.4, -0.2) is 24.7 Å². The molecule has 0 bridgehead atoms. The highest BCUT2D eigenvalue weighted by molar-refractivity contribution is 5.81. The van der Waals surface area contributed by atoms with Crippen molar-refractivity contribution in [2.24, 2.45) is 0 Å². The number of carbonyl (C=O) groups is 1. The fraction of sp³-hybridized carbons (Fsp3) is 0.588. The second kappa shape index (κ2) is 5.66. The molecule has 0 radical (unpaired) electrons. The lowest BCUT2D eigenvalue weighted by molar-refractivity contribution is -0.142. The second-order valence-corrected chi connectivity index (χ2v) is 6.44. The standard InChI is InChI=1S/C17H24FNO2/c1-6-14(16(20)21-5)19-15-8-7-12(18)9-13(15)11(2)10-17(19,3)4/h7-9,11,14H,6,10H2,1-5H3. The van der Waals surface area contributed by atoms with Gasteiger partial charge in [0, 0.05) is 11.2 Å². The van der Waals surface area contributed by atoms with E-state index in [-0.39, 0.29) is 29.3 Å². The van der Waals surface area contributed by atoms with E-state index in [0.717, 1.165) is 17.7 Å². The average molecular weight is 293 g/mol. The number of rotatable bonds is 3. The molecular formula is C17H24FNO2. The Bertz CT molecular complexity index is 542. The van der Waals surface area contributed by atoms with E-state index >= 15 is 0 Å². The first-order valence-corrected chi connectivity index (χ1v) is 7.48. The molecule has 1 aliphatic rings. The van der Waals surface area contributed by atoms with Gasteiger partial charge < -0.3 is 9.64 Å². The van der Waals surface area contributed by atoms with Crippen molar-refractivity contribution in [3.63, 3.8) is 0 Å². The summed E-state index contributed by atoms with van der Waals surface area (Å²) in [5.41, 5.74) is 1.73. The predicted molar refractivity (Wildman–Crippen MR) is 82.1 cm³/mol. The molecule has 1 aromatic rings. The summed E-state index contributed by atoms with van der Waals surface area (Å²) < 4.78 is 18.5. The highest BCUT2D eigenvalue weighted by Crippen LogP contribution is 2.45. The average Bonchev–Trinajstić information content (AvgIpc) is 2.42. The van der Waals surface area contributed by atoms with Crippen LogP contribution < -0.4 is 4.90 Å². The van der Waals surface area contributed by atoms with Gasteiger partial charge in [0.05, 0.1) is 7.11 Å². The van der Waals surface area contributed by atoms with Gasteiger partial charge in [-0.05, 0) is 56.4 Å². The molecule has 0 saturated heterocycles. The second-order valence-electron chi connectivity index (χ2n) is 6.44. The first-order valence-electron chi connectivity index (χ1n) is 7.48. The number of carbonyl (C=O) groups excluding carboxylic acids is 1. The molecule has 0 saturated carbocycles. The van der Waals surface area contributed by atoms with Crippen LogP contribution in [0.1, 0.15) is 52.0 Å². The van der Waals surface area contributed by atoms with Gasteiger partial charge in [0.2, 0.25) is 0 Å². The van der Waals surface area contributed by atoms with Gasteiger partial charge >= 0.3 is 5.97 Å². The maximum Gasteiger partial charge on any atom is 0.328 e. The molecule has 116 valence electrons. The number of methoxy groups -OCH3 is 1. The molecule has 2 unspecified atom stereocenters. The van der Waals surface area contributed by atoms with E-state index in [0.29, 0.717) is 6.42 Å². The summed E-state index contributed by atoms with van der Waals surface area (Å²) in [6.07, 6.45) is 1.53. The predicted octanol–water partition coefficient (Wildman–Crippen LogP) is 3.87. The molecule has 0 fully saturated rings. The van der Waals surface area contributed by atoms with E-state index in [9.17, 15) is 9.18 Å². The first kappa shape index (κ1) is 15.8. The number of ether oxygens (including phenoxy) is 1. The number of hydrogen-bond acceptors (Lipinski definition) is 3. The molecule has 21 heavy (non-hydrogen) atoms. The Morgan fingerprint density at radius 1 is 1.52 bits per heavy atom. The molecule has 1 heterocycles. The molecule has 2 rings (SSSR count). The van der Waals surface area contributed by atoms with Crippen molar-refractivity contribution in [1.82, 2.24) is 0 Å². The number of benzene rings is 1. The van der Waals surface area contributed by atoms with Gasteiger partial charge in [-0.15, -0.1) is 0 Å². The van der Waals surface area contributed by atoms with Crippen LogP contribution in [0, 0.1) is 5.82 Å². The minimum atomic E-state index is -0.346. The zero-order chi connectivity index (χ0) is 15.8. The van der Waals surface area contributed by atoms with Crippen LogP contribution in [-0.2, 0) is 9.53 Å². The lowest BCUT2D eigenvalue weighted by Gasteiger charge is -2.50. The van der Waals surface area contributed by atoms with Crippen LogP contribution in [0.25, 0.3) is 0 Å². The minimum Gasteiger partial charge on any atom is -0.467 e. The Morgan fingerprint density at radius 3 is 2.76 bits per heavy atom. The Labute approximate surface area is 126 Å². The molecule has 0 spiro atoms. The Kier molecular flexibility index (Phi) is 4.26. The normalized spacial score (nSPS) is 21.6. The molecule has 1 aliphatic heterocycles. The van der Waals surface area contributed by atoms with Crippen molar-refractivity contribution in [1.29, 1.82) is 0 Å². The lowest BCUT2D eigenvalue weighted by atomic mass is 9.79. The minimum absolute atomic E-state index is 0.181. The van der Waals surface area contributed by atoms with Crippen LogP contribution in [0.3, 0.4) is 0 Å². The number of nitrogens with zero attached hydrogens (tertiary/aromatic N) is 1. The summed E-state index contributed by atoms with van der Waals surface area (Å²) in [6, 6.07) is 4.49. The monoisotopic (exact) mass is 293 g/mol. The molecule has 0 N–H and O–H groups in total. The number of anilines is 1. The van der Waals surface area contributed by atoms with Crippen LogP contribution in [0.5, 0.6) is 0 Å². The summed E-state index contributed by atoms with van der Waals surface area (Å²) in [4.78, 5) is 14.3. The summed E-state index contributed by atoms with van der Waals surface area (Å²) in [7, 11) is 1.41. The summed E-state index contributed by atoms with van der Waals surface area (Å²) in [6.45, 7) is 8.33. The van der Waals surface area contributed by atoms with E-state index in [1.54, 1.807) is 12.1 Å². The van der Waals surface area contributed by atoms with Crippen LogP contribution in [0.4, 0.5) is 10.1 Å². The van der Waals surface area contributed by atoms with Crippen molar-refractivity contribution in [3.05, 3.63) is 29.6 Å². The van der Waals surface area contributed by atoms with Gasteiger partial charge in [-0.2, -0.15) is 0 Å². The van der Waals surface area contributed by atoms with Crippen molar-refractivity contribution in [2.45, 2.75) is 58.0 Å². The Balaban J connectivity index is 2.57. The quantitative estimate of drug-likeness (QED) is 0.792. The van der Waals surface area contributed by atoms with Gasteiger partial charge in [0.25, 0.3) is 0 Å². The Hall–Kier alpha value is -1.58. The number of hydrogen-bond donors (Lipinski definition) is 0. The van der Waals surface area contributed by atoms with Crippen molar-refractivity contribution >= 4 is 11.7 Å². The fourth-order valence-electron chi connectivity index (χ4n) is 3.60. The van der Waals surface area contributed by atoms with Crippen LogP contribution >= 0.6 is 0 Å². The number of esters is 1. The zero-order valence-corrected chi connectivity index (χ0v) is 13.4. The molecule has 0 aliphatic carbocycles. The van der Waals surface area contributed by atoms with Gasteiger partial charge in [-0.3, -0.25) is 0 Å². The topological polar surface area (TPSA) is 29.5 Å². The van der Waals surface area contributed by atoms with E-state index in [1.807, 2.05) is 6.92 Å². The van der Waals surface area contributed by atoms with Gasteiger partial charge in [-0.1, -0.05) is 13.8 Å². The van der Waals surface area contributed by atoms with E-state index in [2.05, 4.69) is 25.7 Å². The molecule has 3 nitrogen and oxygen atoms in total. The smallest absolute Gasteiger partial charge is 0.328 e. The molecule has 4 heteroatoms. The van der Waals surface area contributed by atoms with Gasteiger partial charge in [0.15, 0.2) is 0 Å². The highest BCUT2D eigenvalue weighted by Gasteiger charge is 2.42. The van der Waals surface area contributed by atoms with Crippen molar-refractivity contribution in [3.8, 4) is 0 Å². The third kappa shape index (κ3) is 2.76. The van der Waals surface area contributed by atoms with Gasteiger partial charge in [0.1, 0.15) is 11.9 Å². The summed E-state index contributed by atoms with van der Waals surface area (Å²) in [5, 5.41) is 0. The summed E-state index contributed by atoms with van der Waals surface area (Å²) in [5.74, 6) is -0.209. The zero-order valence-electron chi connectivity index (χ0n) is 13.4. The molecule has 0 aromatic heterocycles. The van der Waals surface area contributed by atoms with Crippen LogP contribution in [0.15, 0.2) is 18.2 Å². The highest BCUT2D eigenvalue weighted by atomic mass is 19.1. The third-order valence-corrected chi connectivity index (χ3v) is 4.41. The van der Waals surface area contributed by atoms with Crippen molar-refractivity contribution < 1.29 is 13.9 Å². The molecule has 1 aromatic carbocycles. The van der Waals surface area contributed by atoms with E-state index in [1.165, 1.54) is 13.2 Å². The Morgan fingerprint density at radius 2 is 2.19 bits per heavy atom. The van der Waals surface area contributed by atoms with Crippen LogP contribution in [0.2, 0.25) is 0 Å². The number of fused-ring (bicyclic) bond motifs is 1. The van der Waals surface area contributed by atoms with E-state index < -0.39 is 0 Å². The maximum absolute atomic E-state index is 13.6. The third-order valence-electron chi connectivity index (χ3n) is 4.41. The first-order chi connectivity index (χ1) is 9.81. The fourth-order valence-corrected chi connectivity index (χ4v) is 3.60. The van der Waals surface area contributed by atoms with Crippen molar-refractivity contribution in [2.75, 3.05) is 12.0 Å². The maximum atomic E-state index is 13.6. The molecule has 0 amide bonds. The molecule has 2 atom stereocenters. The van der Waals surface area contributed by atoms with Gasteiger partial charge in [-0.25, -0.2) is 9.18 Å². The lowest BCUT2D eigenvalue weighted by Crippen LogP contribution is -2.56.